The Morgan fingerprint density at radius 3 is 2.64 bits per heavy atom. The molecule has 0 spiro atoms. The van der Waals surface area contributed by atoms with Gasteiger partial charge in [0.15, 0.2) is 0 Å². The van der Waals surface area contributed by atoms with E-state index in [1.165, 1.54) is 25.7 Å². The molecule has 0 bridgehead atoms. The molecule has 22 heavy (non-hydrogen) atoms. The fourth-order valence-corrected chi connectivity index (χ4v) is 3.91. The Hall–Kier alpha value is -1.69. The third-order valence-corrected chi connectivity index (χ3v) is 5.16. The predicted molar refractivity (Wildman–Crippen MR) is 83.9 cm³/mol. The van der Waals surface area contributed by atoms with Gasteiger partial charge in [-0.05, 0) is 38.1 Å². The summed E-state index contributed by atoms with van der Waals surface area (Å²) in [6, 6.07) is 0.475. The number of piperidine rings is 1. The molecule has 3 aliphatic heterocycles. The van der Waals surface area contributed by atoms with Gasteiger partial charge in [-0.15, -0.1) is 0 Å². The molecule has 6 heteroatoms. The van der Waals surface area contributed by atoms with E-state index in [0.717, 1.165) is 38.7 Å². The molecule has 1 amide bonds. The summed E-state index contributed by atoms with van der Waals surface area (Å²) in [5.41, 5.74) is 0.613. The van der Waals surface area contributed by atoms with Crippen LogP contribution in [0.2, 0.25) is 0 Å². The lowest BCUT2D eigenvalue weighted by Gasteiger charge is -2.24. The second kappa shape index (κ2) is 5.83. The number of hydrogen-bond acceptors (Lipinski definition) is 5. The Morgan fingerprint density at radius 2 is 1.91 bits per heavy atom. The molecule has 3 saturated heterocycles. The van der Waals surface area contributed by atoms with Crippen LogP contribution in [0.5, 0.6) is 0 Å². The van der Waals surface area contributed by atoms with Gasteiger partial charge in [-0.2, -0.15) is 0 Å². The second-order valence-electron chi connectivity index (χ2n) is 6.64. The van der Waals surface area contributed by atoms with Crippen molar-refractivity contribution in [1.82, 2.24) is 20.2 Å². The number of nitrogens with zero attached hydrogens (tertiary/aromatic N) is 4. The molecule has 0 radical (unpaired) electrons. The van der Waals surface area contributed by atoms with Crippen molar-refractivity contribution >= 4 is 11.9 Å². The Morgan fingerprint density at radius 1 is 1.14 bits per heavy atom. The van der Waals surface area contributed by atoms with E-state index < -0.39 is 0 Å². The number of anilines is 1. The Balaban J connectivity index is 1.44. The minimum Gasteiger partial charge on any atom is -0.341 e. The fraction of sp³-hybridized carbons (Fsp3) is 0.688. The SMILES string of the molecule is O=C(c1cnc(N2CCCC2)nc1)N1C[C@@H]2CCCN[C@@H]2C1. The van der Waals surface area contributed by atoms with Gasteiger partial charge in [-0.3, -0.25) is 4.79 Å². The lowest BCUT2D eigenvalue weighted by atomic mass is 9.94. The summed E-state index contributed by atoms with van der Waals surface area (Å²) in [7, 11) is 0. The zero-order valence-electron chi connectivity index (χ0n) is 12.9. The highest BCUT2D eigenvalue weighted by atomic mass is 16.2. The van der Waals surface area contributed by atoms with Gasteiger partial charge in [0.25, 0.3) is 5.91 Å². The lowest BCUT2D eigenvalue weighted by Crippen LogP contribution is -2.41. The maximum atomic E-state index is 12.6. The molecule has 4 heterocycles. The van der Waals surface area contributed by atoms with Crippen LogP contribution < -0.4 is 10.2 Å². The molecule has 0 unspecified atom stereocenters. The minimum atomic E-state index is 0.0733. The van der Waals surface area contributed by atoms with Crippen LogP contribution in [0.3, 0.4) is 0 Å². The van der Waals surface area contributed by atoms with Crippen LogP contribution >= 0.6 is 0 Å². The molecule has 0 saturated carbocycles. The third-order valence-electron chi connectivity index (χ3n) is 5.16. The van der Waals surface area contributed by atoms with Crippen molar-refractivity contribution in [1.29, 1.82) is 0 Å². The summed E-state index contributed by atoms with van der Waals surface area (Å²) in [6.07, 6.45) is 8.24. The van der Waals surface area contributed by atoms with Crippen molar-refractivity contribution in [3.05, 3.63) is 18.0 Å². The molecule has 1 N–H and O–H groups in total. The highest BCUT2D eigenvalue weighted by Gasteiger charge is 2.36. The Labute approximate surface area is 130 Å². The van der Waals surface area contributed by atoms with E-state index in [1.807, 2.05) is 4.90 Å². The molecular weight excluding hydrogens is 278 g/mol. The summed E-state index contributed by atoms with van der Waals surface area (Å²) in [5, 5.41) is 3.53. The lowest BCUT2D eigenvalue weighted by molar-refractivity contribution is 0.0785. The first-order chi connectivity index (χ1) is 10.8. The Bertz CT molecular complexity index is 526. The minimum absolute atomic E-state index is 0.0733. The van der Waals surface area contributed by atoms with Crippen LogP contribution in [0, 0.1) is 5.92 Å². The van der Waals surface area contributed by atoms with Gasteiger partial charge in [-0.25, -0.2) is 9.97 Å². The van der Waals surface area contributed by atoms with E-state index in [2.05, 4.69) is 20.2 Å². The molecule has 3 aliphatic rings. The van der Waals surface area contributed by atoms with E-state index in [4.69, 9.17) is 0 Å². The van der Waals surface area contributed by atoms with Crippen molar-refractivity contribution in [3.63, 3.8) is 0 Å². The van der Waals surface area contributed by atoms with Gasteiger partial charge in [0, 0.05) is 44.6 Å². The molecule has 1 aromatic heterocycles. The van der Waals surface area contributed by atoms with Crippen molar-refractivity contribution in [3.8, 4) is 0 Å². The first-order valence-corrected chi connectivity index (χ1v) is 8.41. The quantitative estimate of drug-likeness (QED) is 0.879. The molecular formula is C16H23N5O. The number of aromatic nitrogens is 2. The van der Waals surface area contributed by atoms with E-state index in [9.17, 15) is 4.79 Å². The van der Waals surface area contributed by atoms with E-state index in [1.54, 1.807) is 12.4 Å². The third kappa shape index (κ3) is 2.56. The van der Waals surface area contributed by atoms with Crippen LogP contribution in [0.15, 0.2) is 12.4 Å². The van der Waals surface area contributed by atoms with Gasteiger partial charge in [-0.1, -0.05) is 0 Å². The molecule has 0 aromatic carbocycles. The summed E-state index contributed by atoms with van der Waals surface area (Å²) in [4.78, 5) is 25.6. The van der Waals surface area contributed by atoms with Crippen molar-refractivity contribution < 1.29 is 4.79 Å². The monoisotopic (exact) mass is 301 g/mol. The van der Waals surface area contributed by atoms with E-state index in [0.29, 0.717) is 17.5 Å². The maximum Gasteiger partial charge on any atom is 0.257 e. The smallest absolute Gasteiger partial charge is 0.257 e. The van der Waals surface area contributed by atoms with Crippen LogP contribution in [0.25, 0.3) is 0 Å². The molecule has 118 valence electrons. The fourth-order valence-electron chi connectivity index (χ4n) is 3.91. The molecule has 0 aliphatic carbocycles. The summed E-state index contributed by atoms with van der Waals surface area (Å²) in [5.74, 6) is 1.44. The first-order valence-electron chi connectivity index (χ1n) is 8.41. The average molecular weight is 301 g/mol. The highest BCUT2D eigenvalue weighted by molar-refractivity contribution is 5.94. The maximum absolute atomic E-state index is 12.6. The van der Waals surface area contributed by atoms with Gasteiger partial charge < -0.3 is 15.1 Å². The van der Waals surface area contributed by atoms with Crippen molar-refractivity contribution in [2.45, 2.75) is 31.7 Å². The second-order valence-corrected chi connectivity index (χ2v) is 6.64. The van der Waals surface area contributed by atoms with Crippen LogP contribution in [-0.2, 0) is 0 Å². The van der Waals surface area contributed by atoms with Crippen LogP contribution in [0.1, 0.15) is 36.0 Å². The number of likely N-dealkylation sites (tertiary alicyclic amines) is 1. The molecule has 3 fully saturated rings. The van der Waals surface area contributed by atoms with E-state index in [-0.39, 0.29) is 5.91 Å². The molecule has 2 atom stereocenters. The zero-order valence-corrected chi connectivity index (χ0v) is 12.9. The number of carbonyl (C=O) groups excluding carboxylic acids is 1. The van der Waals surface area contributed by atoms with Crippen LogP contribution in [-0.4, -0.2) is 59.5 Å². The highest BCUT2D eigenvalue weighted by Crippen LogP contribution is 2.26. The van der Waals surface area contributed by atoms with Crippen molar-refractivity contribution in [2.75, 3.05) is 37.6 Å². The van der Waals surface area contributed by atoms with Gasteiger partial charge in [0.1, 0.15) is 0 Å². The number of carbonyl (C=O) groups is 1. The molecule has 6 nitrogen and oxygen atoms in total. The average Bonchev–Trinajstić information content (AvgIpc) is 3.23. The topological polar surface area (TPSA) is 61.4 Å². The predicted octanol–water partition coefficient (Wildman–Crippen LogP) is 0.901. The van der Waals surface area contributed by atoms with Crippen LogP contribution in [0.4, 0.5) is 5.95 Å². The molecule has 4 rings (SSSR count). The normalized spacial score (nSPS) is 28.0. The first kappa shape index (κ1) is 13.9. The summed E-state index contributed by atoms with van der Waals surface area (Å²) >= 11 is 0. The number of rotatable bonds is 2. The number of amides is 1. The van der Waals surface area contributed by atoms with Gasteiger partial charge >= 0.3 is 0 Å². The summed E-state index contributed by atoms with van der Waals surface area (Å²) in [6.45, 7) is 4.81. The van der Waals surface area contributed by atoms with Gasteiger partial charge in [0.2, 0.25) is 5.95 Å². The Kier molecular flexibility index (Phi) is 3.70. The number of fused-ring (bicyclic) bond motifs is 1. The molecule has 1 aromatic rings. The van der Waals surface area contributed by atoms with Gasteiger partial charge in [0.05, 0.1) is 5.56 Å². The van der Waals surface area contributed by atoms with Crippen molar-refractivity contribution in [2.24, 2.45) is 5.92 Å². The number of hydrogen-bond donors (Lipinski definition) is 1. The largest absolute Gasteiger partial charge is 0.341 e. The number of nitrogens with one attached hydrogen (secondary N) is 1. The summed E-state index contributed by atoms with van der Waals surface area (Å²) < 4.78 is 0. The zero-order chi connectivity index (χ0) is 14.9. The standard InChI is InChI=1S/C16H23N5O/c22-15(21-10-12-4-3-5-17-14(12)11-21)13-8-18-16(19-9-13)20-6-1-2-7-20/h8-9,12,14,17H,1-7,10-11H2/t12-,14+/m0/s1. The van der Waals surface area contributed by atoms with E-state index >= 15 is 0 Å².